The van der Waals surface area contributed by atoms with E-state index in [1.807, 2.05) is 31.2 Å². The summed E-state index contributed by atoms with van der Waals surface area (Å²) in [5.41, 5.74) is 1.09. The first-order valence-corrected chi connectivity index (χ1v) is 5.22. The van der Waals surface area contributed by atoms with Crippen molar-refractivity contribution < 1.29 is 4.79 Å². The van der Waals surface area contributed by atoms with Crippen LogP contribution in [0.4, 0.5) is 0 Å². The van der Waals surface area contributed by atoms with E-state index in [1.165, 1.54) is 5.39 Å². The van der Waals surface area contributed by atoms with Crippen LogP contribution in [0.1, 0.15) is 24.8 Å². The Labute approximate surface area is 89.7 Å². The van der Waals surface area contributed by atoms with Crippen LogP contribution in [-0.2, 0) is 4.79 Å². The molecule has 0 aliphatic rings. The van der Waals surface area contributed by atoms with Crippen LogP contribution in [0.3, 0.4) is 0 Å². The maximum Gasteiger partial charge on any atom is 0.206 e. The normalized spacial score (nSPS) is 12.6. The monoisotopic (exact) mass is 197 g/mol. The van der Waals surface area contributed by atoms with Gasteiger partial charge in [-0.1, -0.05) is 49.4 Å². The van der Waals surface area contributed by atoms with Gasteiger partial charge in [-0.15, -0.1) is 0 Å². The van der Waals surface area contributed by atoms with E-state index in [0.717, 1.165) is 17.4 Å². The van der Waals surface area contributed by atoms with Crippen LogP contribution in [0.5, 0.6) is 0 Å². The summed E-state index contributed by atoms with van der Waals surface area (Å²) in [6, 6.07) is 14.2. The van der Waals surface area contributed by atoms with E-state index in [4.69, 9.17) is 0 Å². The lowest BCUT2D eigenvalue weighted by Crippen LogP contribution is -1.98. The minimum atomic E-state index is -0.101. The van der Waals surface area contributed by atoms with Gasteiger partial charge in [-0.05, 0) is 22.8 Å². The van der Waals surface area contributed by atoms with Crippen molar-refractivity contribution in [3.8, 4) is 0 Å². The van der Waals surface area contributed by atoms with Crippen LogP contribution in [0.15, 0.2) is 42.5 Å². The molecule has 0 aromatic heterocycles. The molecular formula is C14H13O. The third-order valence-electron chi connectivity index (χ3n) is 2.75. The van der Waals surface area contributed by atoms with Crippen molar-refractivity contribution in [2.75, 3.05) is 0 Å². The second-order valence-corrected chi connectivity index (χ2v) is 3.65. The van der Waals surface area contributed by atoms with Gasteiger partial charge in [-0.3, -0.25) is 4.79 Å². The van der Waals surface area contributed by atoms with Gasteiger partial charge in [0.2, 0.25) is 6.29 Å². The molecule has 0 saturated carbocycles. The molecule has 0 aliphatic carbocycles. The van der Waals surface area contributed by atoms with Crippen molar-refractivity contribution in [1.29, 1.82) is 0 Å². The Balaban J connectivity index is 2.64. The summed E-state index contributed by atoms with van der Waals surface area (Å²) in [6.45, 7) is 2.01. The first kappa shape index (κ1) is 9.91. The number of hydrogen-bond acceptors (Lipinski definition) is 1. The van der Waals surface area contributed by atoms with Crippen LogP contribution in [0, 0.1) is 0 Å². The van der Waals surface area contributed by atoms with E-state index in [1.54, 1.807) is 0 Å². The number of hydrogen-bond donors (Lipinski definition) is 0. The van der Waals surface area contributed by atoms with Gasteiger partial charge in [-0.2, -0.15) is 0 Å². The zero-order chi connectivity index (χ0) is 10.7. The molecule has 0 spiro atoms. The van der Waals surface area contributed by atoms with Gasteiger partial charge in [0.25, 0.3) is 0 Å². The number of benzene rings is 2. The fourth-order valence-corrected chi connectivity index (χ4v) is 1.92. The lowest BCUT2D eigenvalue weighted by atomic mass is 9.93. The van der Waals surface area contributed by atoms with Crippen molar-refractivity contribution in [3.63, 3.8) is 0 Å². The van der Waals surface area contributed by atoms with E-state index in [0.29, 0.717) is 0 Å². The Morgan fingerprint density at radius 3 is 2.60 bits per heavy atom. The second kappa shape index (κ2) is 4.26. The van der Waals surface area contributed by atoms with E-state index in [-0.39, 0.29) is 5.92 Å². The number of fused-ring (bicyclic) bond motifs is 1. The maximum absolute atomic E-state index is 10.9. The van der Waals surface area contributed by atoms with Gasteiger partial charge in [0.1, 0.15) is 0 Å². The summed E-state index contributed by atoms with van der Waals surface area (Å²) < 4.78 is 0. The first-order valence-electron chi connectivity index (χ1n) is 5.22. The molecule has 0 fully saturated rings. The Bertz CT molecular complexity index is 468. The smallest absolute Gasteiger partial charge is 0.206 e. The van der Waals surface area contributed by atoms with Crippen molar-refractivity contribution in [2.45, 2.75) is 19.3 Å². The molecule has 1 atom stereocenters. The minimum absolute atomic E-state index is 0.101. The molecule has 75 valence electrons. The highest BCUT2D eigenvalue weighted by molar-refractivity contribution is 5.88. The summed E-state index contributed by atoms with van der Waals surface area (Å²) in [7, 11) is 0. The van der Waals surface area contributed by atoms with Crippen LogP contribution in [0.25, 0.3) is 10.8 Å². The molecule has 1 radical (unpaired) electrons. The van der Waals surface area contributed by atoms with E-state index in [2.05, 4.69) is 24.5 Å². The lowest BCUT2D eigenvalue weighted by Gasteiger charge is -2.10. The molecule has 0 saturated heterocycles. The molecule has 1 unspecified atom stereocenters. The Morgan fingerprint density at radius 1 is 1.13 bits per heavy atom. The van der Waals surface area contributed by atoms with Crippen LogP contribution >= 0.6 is 0 Å². The Hall–Kier alpha value is -1.63. The molecule has 0 aliphatic heterocycles. The van der Waals surface area contributed by atoms with Crippen molar-refractivity contribution >= 4 is 17.1 Å². The fourth-order valence-electron chi connectivity index (χ4n) is 1.92. The number of carbonyl (C=O) groups excluding carboxylic acids is 1. The van der Waals surface area contributed by atoms with Gasteiger partial charge >= 0.3 is 0 Å². The highest BCUT2D eigenvalue weighted by Crippen LogP contribution is 2.26. The highest BCUT2D eigenvalue weighted by Gasteiger charge is 2.11. The molecule has 0 amide bonds. The average Bonchev–Trinajstić information content (AvgIpc) is 2.31. The summed E-state index contributed by atoms with van der Waals surface area (Å²) in [5, 5.41) is 2.35. The molecule has 15 heavy (non-hydrogen) atoms. The van der Waals surface area contributed by atoms with Gasteiger partial charge in [0.15, 0.2) is 0 Å². The third-order valence-corrected chi connectivity index (χ3v) is 2.75. The van der Waals surface area contributed by atoms with E-state index < -0.39 is 0 Å². The maximum atomic E-state index is 10.9. The molecule has 0 N–H and O–H groups in total. The summed E-state index contributed by atoms with van der Waals surface area (Å²) in [5.74, 6) is -0.101. The highest BCUT2D eigenvalue weighted by atomic mass is 16.1. The van der Waals surface area contributed by atoms with Gasteiger partial charge < -0.3 is 0 Å². The van der Waals surface area contributed by atoms with Gasteiger partial charge in [0, 0.05) is 0 Å². The quantitative estimate of drug-likeness (QED) is 0.736. The molecular weight excluding hydrogens is 184 g/mol. The molecule has 0 heterocycles. The van der Waals surface area contributed by atoms with Crippen molar-refractivity contribution in [2.24, 2.45) is 0 Å². The average molecular weight is 197 g/mol. The summed E-state index contributed by atoms with van der Waals surface area (Å²) in [4.78, 5) is 10.9. The second-order valence-electron chi connectivity index (χ2n) is 3.65. The van der Waals surface area contributed by atoms with E-state index in [9.17, 15) is 4.79 Å². The molecule has 0 bridgehead atoms. The van der Waals surface area contributed by atoms with Crippen LogP contribution in [-0.4, -0.2) is 6.29 Å². The lowest BCUT2D eigenvalue weighted by molar-refractivity contribution is 0.541. The minimum Gasteiger partial charge on any atom is -0.290 e. The summed E-state index contributed by atoms with van der Waals surface area (Å²) >= 11 is 0. The zero-order valence-electron chi connectivity index (χ0n) is 8.73. The Morgan fingerprint density at radius 2 is 1.87 bits per heavy atom. The van der Waals surface area contributed by atoms with Crippen LogP contribution in [0.2, 0.25) is 0 Å². The molecule has 1 nitrogen and oxygen atoms in total. The molecule has 1 heteroatoms. The topological polar surface area (TPSA) is 17.1 Å². The van der Waals surface area contributed by atoms with E-state index >= 15 is 0 Å². The Kier molecular flexibility index (Phi) is 2.82. The van der Waals surface area contributed by atoms with Crippen LogP contribution < -0.4 is 0 Å². The standard InChI is InChI=1S/C14H13O/c1-2-11(10-15)13-9-5-7-12-6-3-4-8-14(12)13/h3-9,11H,2H2,1H3. The molecule has 2 rings (SSSR count). The van der Waals surface area contributed by atoms with Crippen molar-refractivity contribution in [3.05, 3.63) is 48.0 Å². The molecule has 2 aromatic carbocycles. The van der Waals surface area contributed by atoms with Crippen molar-refractivity contribution in [1.82, 2.24) is 0 Å². The summed E-state index contributed by atoms with van der Waals surface area (Å²) in [6.07, 6.45) is 2.91. The molecule has 2 aromatic rings. The predicted octanol–water partition coefficient (Wildman–Crippen LogP) is 3.44. The predicted molar refractivity (Wildman–Crippen MR) is 62.7 cm³/mol. The largest absolute Gasteiger partial charge is 0.290 e. The van der Waals surface area contributed by atoms with Gasteiger partial charge in [-0.25, -0.2) is 0 Å². The number of rotatable bonds is 3. The zero-order valence-corrected chi connectivity index (χ0v) is 8.73. The first-order chi connectivity index (χ1) is 7.36. The fraction of sp³-hybridized carbons (Fsp3) is 0.214. The SMILES string of the molecule is CCC([C]=O)c1cccc2ccccc12. The third kappa shape index (κ3) is 1.78. The van der Waals surface area contributed by atoms with Gasteiger partial charge in [0.05, 0.1) is 5.92 Å².